The molecule has 126 valence electrons. The van der Waals surface area contributed by atoms with Crippen molar-refractivity contribution in [2.75, 3.05) is 18.5 Å². The van der Waals surface area contributed by atoms with Crippen molar-refractivity contribution in [3.8, 4) is 0 Å². The van der Waals surface area contributed by atoms with Gasteiger partial charge in [-0.3, -0.25) is 4.79 Å². The highest BCUT2D eigenvalue weighted by molar-refractivity contribution is 5.38. The summed E-state index contributed by atoms with van der Waals surface area (Å²) in [4.78, 5) is 20.9. The molecule has 1 saturated carbocycles. The van der Waals surface area contributed by atoms with Crippen LogP contribution in [0.15, 0.2) is 29.3 Å². The van der Waals surface area contributed by atoms with Crippen molar-refractivity contribution in [1.82, 2.24) is 19.7 Å². The maximum Gasteiger partial charge on any atom is 0.267 e. The summed E-state index contributed by atoms with van der Waals surface area (Å²) >= 11 is 0. The lowest BCUT2D eigenvalue weighted by Crippen LogP contribution is -2.37. The summed E-state index contributed by atoms with van der Waals surface area (Å²) in [5, 5.41) is 7.77. The standard InChI is InChI=1S/C17H21N5O2/c1-11-5-6-17(23)22(21-11)15-9-24-8-14(15)20-16-7-13(18-10-19-16)12-3-2-4-12/h5-7,10,12,14-15H,2-4,8-9H2,1H3,(H,18,19,20). The van der Waals surface area contributed by atoms with Crippen LogP contribution in [0.4, 0.5) is 5.82 Å². The second-order valence-electron chi connectivity index (χ2n) is 6.57. The highest BCUT2D eigenvalue weighted by Crippen LogP contribution is 2.35. The molecule has 1 aliphatic heterocycles. The fourth-order valence-electron chi connectivity index (χ4n) is 3.25. The smallest absolute Gasteiger partial charge is 0.267 e. The summed E-state index contributed by atoms with van der Waals surface area (Å²) in [6, 6.07) is 5.12. The molecule has 7 heteroatoms. The van der Waals surface area contributed by atoms with Gasteiger partial charge in [-0.05, 0) is 25.8 Å². The summed E-state index contributed by atoms with van der Waals surface area (Å²) in [7, 11) is 0. The summed E-state index contributed by atoms with van der Waals surface area (Å²) in [5.41, 5.74) is 1.80. The van der Waals surface area contributed by atoms with E-state index < -0.39 is 0 Å². The molecular weight excluding hydrogens is 306 g/mol. The van der Waals surface area contributed by atoms with E-state index in [9.17, 15) is 4.79 Å². The van der Waals surface area contributed by atoms with E-state index in [1.165, 1.54) is 23.9 Å². The van der Waals surface area contributed by atoms with Crippen molar-refractivity contribution >= 4 is 5.82 Å². The van der Waals surface area contributed by atoms with Crippen LogP contribution in [0.2, 0.25) is 0 Å². The topological polar surface area (TPSA) is 81.9 Å². The lowest BCUT2D eigenvalue weighted by molar-refractivity contribution is 0.182. The Bertz CT molecular complexity index is 787. The minimum absolute atomic E-state index is 0.0406. The molecule has 0 aromatic carbocycles. The van der Waals surface area contributed by atoms with Gasteiger partial charge in [0, 0.05) is 23.7 Å². The van der Waals surface area contributed by atoms with Crippen LogP contribution >= 0.6 is 0 Å². The molecule has 0 radical (unpaired) electrons. The van der Waals surface area contributed by atoms with Gasteiger partial charge in [-0.15, -0.1) is 0 Å². The van der Waals surface area contributed by atoms with Crippen LogP contribution in [0.3, 0.4) is 0 Å². The highest BCUT2D eigenvalue weighted by atomic mass is 16.5. The Morgan fingerprint density at radius 3 is 2.92 bits per heavy atom. The molecule has 2 fully saturated rings. The molecule has 4 rings (SSSR count). The number of nitrogens with zero attached hydrogens (tertiary/aromatic N) is 4. The fraction of sp³-hybridized carbons (Fsp3) is 0.529. The Labute approximate surface area is 140 Å². The Kier molecular flexibility index (Phi) is 4.02. The van der Waals surface area contributed by atoms with Crippen molar-refractivity contribution in [2.45, 2.75) is 44.2 Å². The van der Waals surface area contributed by atoms with Crippen LogP contribution in [0.5, 0.6) is 0 Å². The van der Waals surface area contributed by atoms with Crippen LogP contribution in [0, 0.1) is 6.92 Å². The summed E-state index contributed by atoms with van der Waals surface area (Å²) in [6.45, 7) is 2.87. The number of aromatic nitrogens is 4. The van der Waals surface area contributed by atoms with Gasteiger partial charge < -0.3 is 10.1 Å². The molecule has 1 N–H and O–H groups in total. The first kappa shape index (κ1) is 15.3. The third-order valence-electron chi connectivity index (χ3n) is 4.87. The first-order valence-electron chi connectivity index (χ1n) is 8.43. The average Bonchev–Trinajstić information content (AvgIpc) is 2.96. The van der Waals surface area contributed by atoms with Gasteiger partial charge in [0.2, 0.25) is 0 Å². The minimum atomic E-state index is -0.139. The number of aryl methyl sites for hydroxylation is 1. The molecule has 0 spiro atoms. The van der Waals surface area contributed by atoms with Crippen molar-refractivity contribution < 1.29 is 4.74 Å². The number of rotatable bonds is 4. The Morgan fingerprint density at radius 2 is 2.12 bits per heavy atom. The fourth-order valence-corrected chi connectivity index (χ4v) is 3.25. The zero-order valence-corrected chi connectivity index (χ0v) is 13.7. The molecule has 2 aromatic heterocycles. The van der Waals surface area contributed by atoms with E-state index in [1.807, 2.05) is 13.0 Å². The maximum absolute atomic E-state index is 12.1. The lowest BCUT2D eigenvalue weighted by Gasteiger charge is -2.25. The zero-order chi connectivity index (χ0) is 16.5. The van der Waals surface area contributed by atoms with Gasteiger partial charge in [0.05, 0.1) is 24.9 Å². The molecule has 3 heterocycles. The molecule has 0 amide bonds. The molecule has 1 saturated heterocycles. The maximum atomic E-state index is 12.1. The predicted octanol–water partition coefficient (Wildman–Crippen LogP) is 1.66. The van der Waals surface area contributed by atoms with Crippen molar-refractivity contribution in [2.24, 2.45) is 0 Å². The number of hydrogen-bond donors (Lipinski definition) is 1. The molecular formula is C17H21N5O2. The average molecular weight is 327 g/mol. The number of ether oxygens (including phenoxy) is 1. The van der Waals surface area contributed by atoms with Crippen LogP contribution < -0.4 is 10.9 Å². The highest BCUT2D eigenvalue weighted by Gasteiger charge is 2.32. The Morgan fingerprint density at radius 1 is 1.25 bits per heavy atom. The second kappa shape index (κ2) is 6.32. The van der Waals surface area contributed by atoms with Gasteiger partial charge in [0.25, 0.3) is 5.56 Å². The third kappa shape index (κ3) is 2.91. The summed E-state index contributed by atoms with van der Waals surface area (Å²) in [5.74, 6) is 1.35. The van der Waals surface area contributed by atoms with E-state index in [4.69, 9.17) is 4.74 Å². The number of nitrogens with one attached hydrogen (secondary N) is 1. The van der Waals surface area contributed by atoms with E-state index in [0.717, 1.165) is 17.2 Å². The Hall–Kier alpha value is -2.28. The first-order chi connectivity index (χ1) is 11.7. The van der Waals surface area contributed by atoms with Crippen molar-refractivity contribution in [3.63, 3.8) is 0 Å². The molecule has 2 unspecified atom stereocenters. The zero-order valence-electron chi connectivity index (χ0n) is 13.7. The van der Waals surface area contributed by atoms with Gasteiger partial charge >= 0.3 is 0 Å². The van der Waals surface area contributed by atoms with Crippen LogP contribution in [-0.4, -0.2) is 39.0 Å². The molecule has 1 aliphatic carbocycles. The number of anilines is 1. The summed E-state index contributed by atoms with van der Waals surface area (Å²) in [6.07, 6.45) is 5.29. The number of hydrogen-bond acceptors (Lipinski definition) is 6. The van der Waals surface area contributed by atoms with Gasteiger partial charge in [0.1, 0.15) is 18.2 Å². The van der Waals surface area contributed by atoms with Crippen molar-refractivity contribution in [1.29, 1.82) is 0 Å². The largest absolute Gasteiger partial charge is 0.377 e. The lowest BCUT2D eigenvalue weighted by atomic mass is 9.83. The van der Waals surface area contributed by atoms with E-state index in [1.54, 1.807) is 18.5 Å². The van der Waals surface area contributed by atoms with Gasteiger partial charge in [-0.2, -0.15) is 5.10 Å². The predicted molar refractivity (Wildman–Crippen MR) is 89.1 cm³/mol. The van der Waals surface area contributed by atoms with Crippen molar-refractivity contribution in [3.05, 3.63) is 46.3 Å². The van der Waals surface area contributed by atoms with Crippen LogP contribution in [0.1, 0.15) is 42.6 Å². The van der Waals surface area contributed by atoms with Crippen LogP contribution in [-0.2, 0) is 4.74 Å². The molecule has 7 nitrogen and oxygen atoms in total. The SMILES string of the molecule is Cc1ccc(=O)n(C2COCC2Nc2cc(C3CCC3)ncn2)n1. The second-order valence-corrected chi connectivity index (χ2v) is 6.57. The summed E-state index contributed by atoms with van der Waals surface area (Å²) < 4.78 is 7.12. The minimum Gasteiger partial charge on any atom is -0.377 e. The van der Waals surface area contributed by atoms with Gasteiger partial charge in [-0.25, -0.2) is 14.6 Å². The quantitative estimate of drug-likeness (QED) is 0.920. The van der Waals surface area contributed by atoms with Crippen LogP contribution in [0.25, 0.3) is 0 Å². The first-order valence-corrected chi connectivity index (χ1v) is 8.43. The van der Waals surface area contributed by atoms with E-state index in [2.05, 4.69) is 20.4 Å². The van der Waals surface area contributed by atoms with Gasteiger partial charge in [0.15, 0.2) is 0 Å². The van der Waals surface area contributed by atoms with E-state index >= 15 is 0 Å². The van der Waals surface area contributed by atoms with E-state index in [-0.39, 0.29) is 17.6 Å². The molecule has 24 heavy (non-hydrogen) atoms. The molecule has 2 aromatic rings. The van der Waals surface area contributed by atoms with Gasteiger partial charge in [-0.1, -0.05) is 6.42 Å². The third-order valence-corrected chi connectivity index (χ3v) is 4.87. The monoisotopic (exact) mass is 327 g/mol. The molecule has 0 bridgehead atoms. The molecule has 2 aliphatic rings. The van der Waals surface area contributed by atoms with E-state index in [0.29, 0.717) is 19.1 Å². The molecule has 2 atom stereocenters. The normalized spacial score (nSPS) is 23.9. The Balaban J connectivity index is 1.55.